The van der Waals surface area contributed by atoms with Crippen LogP contribution in [0.3, 0.4) is 0 Å². The zero-order valence-electron chi connectivity index (χ0n) is 7.87. The number of halogens is 1. The zero-order valence-corrected chi connectivity index (χ0v) is 8.62. The molecule has 0 radical (unpaired) electrons. The molecule has 1 amide bonds. The smallest absolute Gasteiger partial charge is 0.266 e. The van der Waals surface area contributed by atoms with E-state index in [9.17, 15) is 4.79 Å². The molecule has 0 saturated heterocycles. The number of hydrogen-bond acceptors (Lipinski definition) is 2. The van der Waals surface area contributed by atoms with Crippen molar-refractivity contribution in [3.63, 3.8) is 0 Å². The highest BCUT2D eigenvalue weighted by Crippen LogP contribution is 2.19. The second-order valence-electron chi connectivity index (χ2n) is 2.67. The topological polar surface area (TPSA) is 38.3 Å². The van der Waals surface area contributed by atoms with E-state index < -0.39 is 5.38 Å². The maximum atomic E-state index is 11.3. The molecule has 1 N–H and O–H groups in total. The van der Waals surface area contributed by atoms with Gasteiger partial charge in [-0.25, -0.2) is 5.48 Å². The summed E-state index contributed by atoms with van der Waals surface area (Å²) < 4.78 is 0. The number of benzene rings is 1. The third-order valence-electron chi connectivity index (χ3n) is 1.64. The lowest BCUT2D eigenvalue weighted by Crippen LogP contribution is -2.27. The van der Waals surface area contributed by atoms with Crippen molar-refractivity contribution in [3.05, 3.63) is 35.9 Å². The molecule has 0 heterocycles. The van der Waals surface area contributed by atoms with Crippen LogP contribution in [0.2, 0.25) is 0 Å². The van der Waals surface area contributed by atoms with Gasteiger partial charge in [0.1, 0.15) is 5.38 Å². The average Bonchev–Trinajstić information content (AvgIpc) is 2.26. The van der Waals surface area contributed by atoms with Gasteiger partial charge in [-0.3, -0.25) is 9.63 Å². The highest BCUT2D eigenvalue weighted by atomic mass is 35.5. The van der Waals surface area contributed by atoms with Gasteiger partial charge in [0, 0.05) is 0 Å². The van der Waals surface area contributed by atoms with Gasteiger partial charge < -0.3 is 0 Å². The Labute approximate surface area is 88.0 Å². The minimum absolute atomic E-state index is 0.347. The van der Waals surface area contributed by atoms with E-state index in [0.29, 0.717) is 6.61 Å². The maximum absolute atomic E-state index is 11.3. The summed E-state index contributed by atoms with van der Waals surface area (Å²) in [5.41, 5.74) is 3.02. The summed E-state index contributed by atoms with van der Waals surface area (Å²) in [4.78, 5) is 16.1. The molecule has 0 aliphatic heterocycles. The van der Waals surface area contributed by atoms with E-state index in [4.69, 9.17) is 16.4 Å². The van der Waals surface area contributed by atoms with Crippen molar-refractivity contribution in [2.75, 3.05) is 6.61 Å². The molecular formula is C10H12ClNO2. The molecule has 1 unspecified atom stereocenters. The number of alkyl halides is 1. The van der Waals surface area contributed by atoms with Crippen LogP contribution in [0.25, 0.3) is 0 Å². The lowest BCUT2D eigenvalue weighted by Gasteiger charge is -2.09. The van der Waals surface area contributed by atoms with E-state index in [1.165, 1.54) is 0 Å². The van der Waals surface area contributed by atoms with Gasteiger partial charge in [-0.2, -0.15) is 0 Å². The first-order chi connectivity index (χ1) is 6.75. The molecule has 3 nitrogen and oxygen atoms in total. The first-order valence-corrected chi connectivity index (χ1v) is 4.80. The largest absolute Gasteiger partial charge is 0.274 e. The fourth-order valence-electron chi connectivity index (χ4n) is 0.968. The molecule has 0 aromatic heterocycles. The van der Waals surface area contributed by atoms with Gasteiger partial charge in [-0.15, -0.1) is 11.6 Å². The summed E-state index contributed by atoms with van der Waals surface area (Å²) in [5, 5.41) is -0.706. The lowest BCUT2D eigenvalue weighted by atomic mass is 10.1. The zero-order chi connectivity index (χ0) is 10.4. The third kappa shape index (κ3) is 3.01. The summed E-state index contributed by atoms with van der Waals surface area (Å²) in [6, 6.07) is 9.12. The molecule has 0 aliphatic rings. The van der Waals surface area contributed by atoms with Crippen LogP contribution in [0.4, 0.5) is 0 Å². The van der Waals surface area contributed by atoms with Crippen LogP contribution in [0, 0.1) is 0 Å². The Morgan fingerprint density at radius 3 is 2.71 bits per heavy atom. The first-order valence-electron chi connectivity index (χ1n) is 4.36. The van der Waals surface area contributed by atoms with Gasteiger partial charge in [0.05, 0.1) is 6.61 Å². The van der Waals surface area contributed by atoms with E-state index in [0.717, 1.165) is 5.56 Å². The van der Waals surface area contributed by atoms with E-state index in [-0.39, 0.29) is 5.91 Å². The van der Waals surface area contributed by atoms with Crippen molar-refractivity contribution in [2.45, 2.75) is 12.3 Å². The average molecular weight is 214 g/mol. The van der Waals surface area contributed by atoms with Crippen LogP contribution in [-0.2, 0) is 9.63 Å². The van der Waals surface area contributed by atoms with Gasteiger partial charge in [0.15, 0.2) is 0 Å². The predicted molar refractivity (Wildman–Crippen MR) is 54.8 cm³/mol. The van der Waals surface area contributed by atoms with Crippen LogP contribution >= 0.6 is 11.6 Å². The van der Waals surface area contributed by atoms with Crippen molar-refractivity contribution in [1.29, 1.82) is 0 Å². The molecule has 0 spiro atoms. The second-order valence-corrected chi connectivity index (χ2v) is 3.11. The van der Waals surface area contributed by atoms with Crippen molar-refractivity contribution in [3.8, 4) is 0 Å². The molecule has 0 aliphatic carbocycles. The van der Waals surface area contributed by atoms with E-state index in [2.05, 4.69) is 5.48 Å². The van der Waals surface area contributed by atoms with Gasteiger partial charge in [0.25, 0.3) is 5.91 Å². The lowest BCUT2D eigenvalue weighted by molar-refractivity contribution is -0.132. The molecule has 76 valence electrons. The Bertz CT molecular complexity index is 289. The molecule has 0 bridgehead atoms. The van der Waals surface area contributed by atoms with Crippen LogP contribution in [0.15, 0.2) is 30.3 Å². The third-order valence-corrected chi connectivity index (χ3v) is 2.09. The van der Waals surface area contributed by atoms with Gasteiger partial charge >= 0.3 is 0 Å². The monoisotopic (exact) mass is 213 g/mol. The molecule has 1 atom stereocenters. The molecule has 1 aromatic carbocycles. The van der Waals surface area contributed by atoms with Crippen LogP contribution < -0.4 is 5.48 Å². The predicted octanol–water partition coefficient (Wildman–Crippen LogP) is 2.03. The fourth-order valence-corrected chi connectivity index (χ4v) is 1.16. The van der Waals surface area contributed by atoms with E-state index in [1.54, 1.807) is 19.1 Å². The highest BCUT2D eigenvalue weighted by Gasteiger charge is 2.16. The van der Waals surface area contributed by atoms with Crippen molar-refractivity contribution in [2.24, 2.45) is 0 Å². The molecule has 1 aromatic rings. The fraction of sp³-hybridized carbons (Fsp3) is 0.300. The summed E-state index contributed by atoms with van der Waals surface area (Å²) in [6.07, 6.45) is 0. The normalized spacial score (nSPS) is 12.1. The van der Waals surface area contributed by atoms with E-state index in [1.807, 2.05) is 18.2 Å². The number of carbonyl (C=O) groups is 1. The standard InChI is InChI=1S/C10H12ClNO2/c1-2-14-12-10(13)9(11)8-6-4-3-5-7-8/h3-7,9H,2H2,1H3,(H,12,13). The number of amides is 1. The first kappa shape index (κ1) is 11.0. The summed E-state index contributed by atoms with van der Waals surface area (Å²) in [7, 11) is 0. The van der Waals surface area contributed by atoms with E-state index >= 15 is 0 Å². The number of hydroxylamine groups is 1. The SMILES string of the molecule is CCONC(=O)C(Cl)c1ccccc1. The van der Waals surface area contributed by atoms with Crippen LogP contribution in [0.5, 0.6) is 0 Å². The van der Waals surface area contributed by atoms with Crippen molar-refractivity contribution < 1.29 is 9.63 Å². The van der Waals surface area contributed by atoms with Crippen LogP contribution in [0.1, 0.15) is 17.9 Å². The quantitative estimate of drug-likeness (QED) is 0.614. The number of carbonyl (C=O) groups excluding carboxylic acids is 1. The van der Waals surface area contributed by atoms with Crippen molar-refractivity contribution >= 4 is 17.5 Å². The maximum Gasteiger partial charge on any atom is 0.266 e. The molecule has 0 saturated carbocycles. The number of rotatable bonds is 4. The molecular weight excluding hydrogens is 202 g/mol. The highest BCUT2D eigenvalue weighted by molar-refractivity contribution is 6.30. The Hall–Kier alpha value is -1.06. The minimum Gasteiger partial charge on any atom is -0.274 e. The number of nitrogens with one attached hydrogen (secondary N) is 1. The summed E-state index contributed by atoms with van der Waals surface area (Å²) in [5.74, 6) is -0.347. The molecule has 0 fully saturated rings. The molecule has 4 heteroatoms. The van der Waals surface area contributed by atoms with Gasteiger partial charge in [0.2, 0.25) is 0 Å². The Balaban J connectivity index is 2.57. The second kappa shape index (κ2) is 5.62. The van der Waals surface area contributed by atoms with Crippen molar-refractivity contribution in [1.82, 2.24) is 5.48 Å². The summed E-state index contributed by atoms with van der Waals surface area (Å²) >= 11 is 5.90. The Morgan fingerprint density at radius 2 is 2.14 bits per heavy atom. The summed E-state index contributed by atoms with van der Waals surface area (Å²) in [6.45, 7) is 2.20. The molecule has 1 rings (SSSR count). The minimum atomic E-state index is -0.706. The van der Waals surface area contributed by atoms with Gasteiger partial charge in [-0.05, 0) is 12.5 Å². The number of hydrogen-bond donors (Lipinski definition) is 1. The Kier molecular flexibility index (Phi) is 4.43. The van der Waals surface area contributed by atoms with Gasteiger partial charge in [-0.1, -0.05) is 30.3 Å². The van der Waals surface area contributed by atoms with Crippen LogP contribution in [-0.4, -0.2) is 12.5 Å². The molecule has 14 heavy (non-hydrogen) atoms. The Morgan fingerprint density at radius 1 is 1.50 bits per heavy atom.